The number of carbonyl (C=O) groups excluding carboxylic acids is 3. The SMILES string of the molecule is COc1cc(OC)cc(C(=O)NC(C(=O)Nc2sc3c(c2C(N)=O)CCCC3)C(C)C)c1. The van der Waals surface area contributed by atoms with Gasteiger partial charge in [-0.2, -0.15) is 0 Å². The van der Waals surface area contributed by atoms with Crippen LogP contribution in [0.25, 0.3) is 0 Å². The van der Waals surface area contributed by atoms with E-state index in [1.54, 1.807) is 18.2 Å². The Morgan fingerprint density at radius 3 is 2.22 bits per heavy atom. The lowest BCUT2D eigenvalue weighted by Crippen LogP contribution is -2.47. The molecule has 3 amide bonds. The van der Waals surface area contributed by atoms with Crippen LogP contribution in [0, 0.1) is 5.92 Å². The molecule has 0 saturated carbocycles. The van der Waals surface area contributed by atoms with E-state index in [0.717, 1.165) is 36.1 Å². The first-order valence-electron chi connectivity index (χ1n) is 10.5. The van der Waals surface area contributed by atoms with Crippen LogP contribution < -0.4 is 25.8 Å². The smallest absolute Gasteiger partial charge is 0.252 e. The summed E-state index contributed by atoms with van der Waals surface area (Å²) in [6.45, 7) is 3.68. The third-order valence-electron chi connectivity index (χ3n) is 5.50. The van der Waals surface area contributed by atoms with Crippen molar-refractivity contribution in [2.45, 2.75) is 45.6 Å². The number of hydrogen-bond donors (Lipinski definition) is 3. The normalized spacial score (nSPS) is 13.8. The summed E-state index contributed by atoms with van der Waals surface area (Å²) in [5.74, 6) is -0.641. The van der Waals surface area contributed by atoms with Crippen molar-refractivity contribution >= 4 is 34.1 Å². The molecular weight excluding hydrogens is 430 g/mol. The molecule has 0 radical (unpaired) electrons. The number of thiophene rings is 1. The number of amides is 3. The monoisotopic (exact) mass is 459 g/mol. The van der Waals surface area contributed by atoms with Gasteiger partial charge in [0.1, 0.15) is 22.5 Å². The molecule has 8 nitrogen and oxygen atoms in total. The second kappa shape index (κ2) is 10.0. The Kier molecular flexibility index (Phi) is 7.40. The van der Waals surface area contributed by atoms with Crippen LogP contribution in [0.4, 0.5) is 5.00 Å². The molecule has 4 N–H and O–H groups in total. The number of hydrogen-bond acceptors (Lipinski definition) is 6. The van der Waals surface area contributed by atoms with Crippen molar-refractivity contribution in [2.75, 3.05) is 19.5 Å². The van der Waals surface area contributed by atoms with E-state index in [2.05, 4.69) is 10.6 Å². The lowest BCUT2D eigenvalue weighted by molar-refractivity contribution is -0.118. The van der Waals surface area contributed by atoms with Crippen LogP contribution in [0.2, 0.25) is 0 Å². The number of ether oxygens (including phenoxy) is 2. The third kappa shape index (κ3) is 5.04. The zero-order valence-corrected chi connectivity index (χ0v) is 19.6. The number of methoxy groups -OCH3 is 2. The molecule has 0 saturated heterocycles. The summed E-state index contributed by atoms with van der Waals surface area (Å²) >= 11 is 1.39. The van der Waals surface area contributed by atoms with Crippen molar-refractivity contribution in [3.05, 3.63) is 39.8 Å². The van der Waals surface area contributed by atoms with Crippen LogP contribution in [0.5, 0.6) is 11.5 Å². The van der Waals surface area contributed by atoms with E-state index in [9.17, 15) is 14.4 Å². The average Bonchev–Trinajstić information content (AvgIpc) is 3.14. The molecule has 1 aliphatic carbocycles. The maximum Gasteiger partial charge on any atom is 0.252 e. The first-order valence-corrected chi connectivity index (χ1v) is 11.4. The van der Waals surface area contributed by atoms with E-state index < -0.39 is 23.8 Å². The van der Waals surface area contributed by atoms with Crippen LogP contribution in [-0.4, -0.2) is 38.0 Å². The summed E-state index contributed by atoms with van der Waals surface area (Å²) in [5, 5.41) is 6.10. The highest BCUT2D eigenvalue weighted by molar-refractivity contribution is 7.17. The van der Waals surface area contributed by atoms with Crippen molar-refractivity contribution in [1.29, 1.82) is 0 Å². The highest BCUT2D eigenvalue weighted by atomic mass is 32.1. The molecule has 0 spiro atoms. The van der Waals surface area contributed by atoms with Crippen LogP contribution in [-0.2, 0) is 17.6 Å². The van der Waals surface area contributed by atoms with Crippen molar-refractivity contribution in [3.8, 4) is 11.5 Å². The summed E-state index contributed by atoms with van der Waals surface area (Å²) in [6.07, 6.45) is 3.69. The number of fused-ring (bicyclic) bond motifs is 1. The molecule has 0 fully saturated rings. The van der Waals surface area contributed by atoms with Crippen molar-refractivity contribution < 1.29 is 23.9 Å². The maximum atomic E-state index is 13.1. The lowest BCUT2D eigenvalue weighted by Gasteiger charge is -2.22. The van der Waals surface area contributed by atoms with E-state index in [-0.39, 0.29) is 5.92 Å². The van der Waals surface area contributed by atoms with Crippen molar-refractivity contribution in [2.24, 2.45) is 11.7 Å². The van der Waals surface area contributed by atoms with E-state index in [1.807, 2.05) is 13.8 Å². The molecular formula is C23H29N3O5S. The molecule has 1 aromatic carbocycles. The van der Waals surface area contributed by atoms with Gasteiger partial charge >= 0.3 is 0 Å². The van der Waals surface area contributed by atoms with Gasteiger partial charge in [-0.15, -0.1) is 11.3 Å². The zero-order chi connectivity index (χ0) is 23.4. The minimum atomic E-state index is -0.820. The molecule has 0 aliphatic heterocycles. The molecule has 0 bridgehead atoms. The molecule has 1 heterocycles. The second-order valence-corrected chi connectivity index (χ2v) is 9.17. The van der Waals surface area contributed by atoms with Gasteiger partial charge < -0.3 is 25.8 Å². The molecule has 1 aliphatic rings. The van der Waals surface area contributed by atoms with Gasteiger partial charge in [0.15, 0.2) is 0 Å². The summed E-state index contributed by atoms with van der Waals surface area (Å²) in [5.41, 5.74) is 7.27. The molecule has 172 valence electrons. The lowest BCUT2D eigenvalue weighted by atomic mass is 9.95. The molecule has 1 atom stereocenters. The Morgan fingerprint density at radius 2 is 1.66 bits per heavy atom. The Hall–Kier alpha value is -3.07. The van der Waals surface area contributed by atoms with Gasteiger partial charge in [-0.1, -0.05) is 13.8 Å². The highest BCUT2D eigenvalue weighted by Crippen LogP contribution is 2.38. The van der Waals surface area contributed by atoms with Gasteiger partial charge in [0.2, 0.25) is 5.91 Å². The largest absolute Gasteiger partial charge is 0.497 e. The number of benzene rings is 1. The molecule has 9 heteroatoms. The van der Waals surface area contributed by atoms with Crippen LogP contribution in [0.15, 0.2) is 18.2 Å². The third-order valence-corrected chi connectivity index (χ3v) is 6.71. The zero-order valence-electron chi connectivity index (χ0n) is 18.7. The number of primary amides is 1. The van der Waals surface area contributed by atoms with Gasteiger partial charge in [-0.25, -0.2) is 0 Å². The number of anilines is 1. The highest BCUT2D eigenvalue weighted by Gasteiger charge is 2.29. The number of nitrogens with one attached hydrogen (secondary N) is 2. The van der Waals surface area contributed by atoms with Gasteiger partial charge in [0, 0.05) is 16.5 Å². The molecule has 2 aromatic rings. The topological polar surface area (TPSA) is 120 Å². The van der Waals surface area contributed by atoms with Gasteiger partial charge in [0.25, 0.3) is 11.8 Å². The van der Waals surface area contributed by atoms with E-state index >= 15 is 0 Å². The van der Waals surface area contributed by atoms with Crippen LogP contribution in [0.3, 0.4) is 0 Å². The van der Waals surface area contributed by atoms with Gasteiger partial charge in [-0.3, -0.25) is 14.4 Å². The average molecular weight is 460 g/mol. The van der Waals surface area contributed by atoms with E-state index in [1.165, 1.54) is 25.6 Å². The molecule has 3 rings (SSSR count). The summed E-state index contributed by atoms with van der Waals surface area (Å²) in [6, 6.07) is 3.99. The molecule has 1 aromatic heterocycles. The number of aryl methyl sites for hydroxylation is 1. The maximum absolute atomic E-state index is 13.1. The van der Waals surface area contributed by atoms with Crippen LogP contribution >= 0.6 is 11.3 Å². The quantitative estimate of drug-likeness (QED) is 0.560. The van der Waals surface area contributed by atoms with Gasteiger partial charge in [0.05, 0.1) is 19.8 Å². The number of carbonyl (C=O) groups is 3. The summed E-state index contributed by atoms with van der Waals surface area (Å²) < 4.78 is 10.4. The predicted molar refractivity (Wildman–Crippen MR) is 124 cm³/mol. The fraction of sp³-hybridized carbons (Fsp3) is 0.435. The predicted octanol–water partition coefficient (Wildman–Crippen LogP) is 3.14. The summed E-state index contributed by atoms with van der Waals surface area (Å²) in [7, 11) is 3.00. The first-order chi connectivity index (χ1) is 15.2. The van der Waals surface area contributed by atoms with Crippen LogP contribution in [0.1, 0.15) is 57.8 Å². The first kappa shape index (κ1) is 23.6. The van der Waals surface area contributed by atoms with E-state index in [0.29, 0.717) is 27.6 Å². The fourth-order valence-electron chi connectivity index (χ4n) is 3.80. The second-order valence-electron chi connectivity index (χ2n) is 8.07. The molecule has 32 heavy (non-hydrogen) atoms. The number of nitrogens with two attached hydrogens (primary N) is 1. The van der Waals surface area contributed by atoms with E-state index in [4.69, 9.17) is 15.2 Å². The standard InChI is InChI=1S/C23H29N3O5S/c1-12(2)19(25-21(28)13-9-14(30-3)11-15(10-13)31-4)22(29)26-23-18(20(24)27)16-7-5-6-8-17(16)32-23/h9-12,19H,5-8H2,1-4H3,(H2,24,27)(H,25,28)(H,26,29). The Labute approximate surface area is 191 Å². The minimum absolute atomic E-state index is 0.196. The molecule has 1 unspecified atom stereocenters. The minimum Gasteiger partial charge on any atom is -0.497 e. The number of rotatable bonds is 8. The Bertz CT molecular complexity index is 1010. The Morgan fingerprint density at radius 1 is 1.03 bits per heavy atom. The van der Waals surface area contributed by atoms with Gasteiger partial charge in [-0.05, 0) is 49.3 Å². The van der Waals surface area contributed by atoms with Crippen molar-refractivity contribution in [3.63, 3.8) is 0 Å². The fourth-order valence-corrected chi connectivity index (χ4v) is 5.10. The summed E-state index contributed by atoms with van der Waals surface area (Å²) in [4.78, 5) is 39.2. The van der Waals surface area contributed by atoms with Crippen molar-refractivity contribution in [1.82, 2.24) is 5.32 Å². The Balaban J connectivity index is 1.82.